The van der Waals surface area contributed by atoms with Crippen molar-refractivity contribution < 1.29 is 4.79 Å². The van der Waals surface area contributed by atoms with Crippen molar-refractivity contribution in [2.24, 2.45) is 0 Å². The number of benzene rings is 2. The number of amides is 1. The van der Waals surface area contributed by atoms with E-state index in [4.69, 9.17) is 5.73 Å². The maximum atomic E-state index is 12.3. The van der Waals surface area contributed by atoms with Gasteiger partial charge < -0.3 is 10.6 Å². The SMILES string of the molecule is Cc1cccc(CCC(=O)N(C)c2ccc(Br)cc2N)c1. The van der Waals surface area contributed by atoms with E-state index in [-0.39, 0.29) is 5.91 Å². The first-order valence-electron chi connectivity index (χ1n) is 6.84. The highest BCUT2D eigenvalue weighted by atomic mass is 79.9. The molecule has 3 nitrogen and oxygen atoms in total. The van der Waals surface area contributed by atoms with Crippen LogP contribution in [-0.4, -0.2) is 13.0 Å². The summed E-state index contributed by atoms with van der Waals surface area (Å²) >= 11 is 3.37. The van der Waals surface area contributed by atoms with E-state index in [0.717, 1.165) is 16.6 Å². The third-order valence-electron chi connectivity index (χ3n) is 3.44. The molecule has 0 unspecified atom stereocenters. The average molecular weight is 347 g/mol. The van der Waals surface area contributed by atoms with Crippen LogP contribution in [0.2, 0.25) is 0 Å². The van der Waals surface area contributed by atoms with Crippen molar-refractivity contribution in [2.75, 3.05) is 17.7 Å². The Hall–Kier alpha value is -1.81. The number of nitrogen functional groups attached to an aromatic ring is 1. The third kappa shape index (κ3) is 4.08. The van der Waals surface area contributed by atoms with Crippen molar-refractivity contribution in [2.45, 2.75) is 19.8 Å². The molecule has 1 amide bonds. The van der Waals surface area contributed by atoms with Crippen LogP contribution in [0.15, 0.2) is 46.9 Å². The van der Waals surface area contributed by atoms with E-state index in [1.165, 1.54) is 11.1 Å². The number of halogens is 1. The number of carbonyl (C=O) groups is 1. The Labute approximate surface area is 133 Å². The van der Waals surface area contributed by atoms with Crippen LogP contribution in [0.1, 0.15) is 17.5 Å². The van der Waals surface area contributed by atoms with Gasteiger partial charge in [0.1, 0.15) is 0 Å². The lowest BCUT2D eigenvalue weighted by Gasteiger charge is -2.19. The Kier molecular flexibility index (Phi) is 5.02. The van der Waals surface area contributed by atoms with Gasteiger partial charge in [-0.2, -0.15) is 0 Å². The van der Waals surface area contributed by atoms with Gasteiger partial charge in [0.2, 0.25) is 5.91 Å². The highest BCUT2D eigenvalue weighted by Crippen LogP contribution is 2.26. The number of anilines is 2. The zero-order valence-corrected chi connectivity index (χ0v) is 13.9. The summed E-state index contributed by atoms with van der Waals surface area (Å²) in [6.07, 6.45) is 1.21. The molecule has 0 aliphatic rings. The molecule has 0 bridgehead atoms. The average Bonchev–Trinajstić information content (AvgIpc) is 2.44. The Morgan fingerprint density at radius 2 is 2.00 bits per heavy atom. The lowest BCUT2D eigenvalue weighted by atomic mass is 10.1. The molecular formula is C17H19BrN2O. The van der Waals surface area contributed by atoms with Crippen LogP contribution < -0.4 is 10.6 Å². The fourth-order valence-corrected chi connectivity index (χ4v) is 2.63. The van der Waals surface area contributed by atoms with E-state index in [1.54, 1.807) is 18.0 Å². The molecule has 0 heterocycles. The summed E-state index contributed by atoms with van der Waals surface area (Å²) < 4.78 is 0.907. The van der Waals surface area contributed by atoms with Gasteiger partial charge in [0.05, 0.1) is 11.4 Å². The molecule has 110 valence electrons. The minimum absolute atomic E-state index is 0.0607. The van der Waals surface area contributed by atoms with E-state index in [1.807, 2.05) is 24.3 Å². The predicted octanol–water partition coefficient (Wildman–Crippen LogP) is 3.94. The molecule has 0 fully saturated rings. The van der Waals surface area contributed by atoms with E-state index >= 15 is 0 Å². The Morgan fingerprint density at radius 3 is 2.67 bits per heavy atom. The molecule has 0 saturated carbocycles. The second-order valence-corrected chi connectivity index (χ2v) is 6.06. The van der Waals surface area contributed by atoms with Crippen molar-refractivity contribution in [1.29, 1.82) is 0 Å². The second kappa shape index (κ2) is 6.76. The van der Waals surface area contributed by atoms with Crippen molar-refractivity contribution in [3.63, 3.8) is 0 Å². The van der Waals surface area contributed by atoms with Gasteiger partial charge in [-0.3, -0.25) is 4.79 Å². The molecule has 4 heteroatoms. The van der Waals surface area contributed by atoms with E-state index in [2.05, 4.69) is 35.0 Å². The summed E-state index contributed by atoms with van der Waals surface area (Å²) in [6, 6.07) is 13.8. The van der Waals surface area contributed by atoms with Crippen molar-refractivity contribution in [1.82, 2.24) is 0 Å². The van der Waals surface area contributed by atoms with Gasteiger partial charge in [-0.15, -0.1) is 0 Å². The number of hydrogen-bond acceptors (Lipinski definition) is 2. The number of carbonyl (C=O) groups excluding carboxylic acids is 1. The number of nitrogens with zero attached hydrogens (tertiary/aromatic N) is 1. The van der Waals surface area contributed by atoms with Gasteiger partial charge >= 0.3 is 0 Å². The monoisotopic (exact) mass is 346 g/mol. The van der Waals surface area contributed by atoms with Crippen molar-refractivity contribution in [3.05, 3.63) is 58.1 Å². The fourth-order valence-electron chi connectivity index (χ4n) is 2.25. The first kappa shape index (κ1) is 15.6. The first-order valence-corrected chi connectivity index (χ1v) is 7.64. The van der Waals surface area contributed by atoms with Crippen LogP contribution in [0.3, 0.4) is 0 Å². The Morgan fingerprint density at radius 1 is 1.24 bits per heavy atom. The topological polar surface area (TPSA) is 46.3 Å². The minimum atomic E-state index is 0.0607. The molecule has 0 aliphatic carbocycles. The molecular weight excluding hydrogens is 328 g/mol. The van der Waals surface area contributed by atoms with Gasteiger partial charge in [0, 0.05) is 17.9 Å². The number of aryl methyl sites for hydroxylation is 2. The normalized spacial score (nSPS) is 10.4. The van der Waals surface area contributed by atoms with Crippen LogP contribution in [-0.2, 0) is 11.2 Å². The van der Waals surface area contributed by atoms with Gasteiger partial charge in [-0.1, -0.05) is 45.8 Å². The maximum absolute atomic E-state index is 12.3. The van der Waals surface area contributed by atoms with Crippen LogP contribution in [0, 0.1) is 6.92 Å². The lowest BCUT2D eigenvalue weighted by Crippen LogP contribution is -2.27. The number of hydrogen-bond donors (Lipinski definition) is 1. The quantitative estimate of drug-likeness (QED) is 0.852. The molecule has 0 spiro atoms. The molecule has 2 aromatic carbocycles. The highest BCUT2D eigenvalue weighted by Gasteiger charge is 2.13. The molecule has 0 saturated heterocycles. The van der Waals surface area contributed by atoms with Crippen LogP contribution >= 0.6 is 15.9 Å². The van der Waals surface area contributed by atoms with Gasteiger partial charge in [-0.05, 0) is 37.1 Å². The molecule has 0 atom stereocenters. The molecule has 2 rings (SSSR count). The maximum Gasteiger partial charge on any atom is 0.227 e. The predicted molar refractivity (Wildman–Crippen MR) is 91.5 cm³/mol. The van der Waals surface area contributed by atoms with Gasteiger partial charge in [0.25, 0.3) is 0 Å². The molecule has 2 aromatic rings. The molecule has 0 aromatic heterocycles. The third-order valence-corrected chi connectivity index (χ3v) is 3.93. The molecule has 21 heavy (non-hydrogen) atoms. The first-order chi connectivity index (χ1) is 9.97. The molecule has 0 aliphatic heterocycles. The fraction of sp³-hybridized carbons (Fsp3) is 0.235. The lowest BCUT2D eigenvalue weighted by molar-refractivity contribution is -0.118. The Bertz CT molecular complexity index is 655. The molecule has 2 N–H and O–H groups in total. The second-order valence-electron chi connectivity index (χ2n) is 5.14. The van der Waals surface area contributed by atoms with Crippen LogP contribution in [0.4, 0.5) is 11.4 Å². The summed E-state index contributed by atoms with van der Waals surface area (Å²) in [7, 11) is 1.76. The number of nitrogens with two attached hydrogens (primary N) is 1. The standard InChI is InChI=1S/C17H19BrN2O/c1-12-4-3-5-13(10-12)6-9-17(21)20(2)16-8-7-14(18)11-15(16)19/h3-5,7-8,10-11H,6,9,19H2,1-2H3. The van der Waals surface area contributed by atoms with E-state index in [9.17, 15) is 4.79 Å². The van der Waals surface area contributed by atoms with Gasteiger partial charge in [0.15, 0.2) is 0 Å². The van der Waals surface area contributed by atoms with Crippen molar-refractivity contribution in [3.8, 4) is 0 Å². The highest BCUT2D eigenvalue weighted by molar-refractivity contribution is 9.10. The van der Waals surface area contributed by atoms with Crippen LogP contribution in [0.5, 0.6) is 0 Å². The summed E-state index contributed by atoms with van der Waals surface area (Å²) in [6.45, 7) is 2.06. The van der Waals surface area contributed by atoms with Crippen molar-refractivity contribution >= 4 is 33.2 Å². The van der Waals surface area contributed by atoms with E-state index < -0.39 is 0 Å². The summed E-state index contributed by atoms with van der Waals surface area (Å²) in [5.74, 6) is 0.0607. The minimum Gasteiger partial charge on any atom is -0.397 e. The summed E-state index contributed by atoms with van der Waals surface area (Å²) in [5, 5.41) is 0. The number of rotatable bonds is 4. The van der Waals surface area contributed by atoms with E-state index in [0.29, 0.717) is 12.1 Å². The van der Waals surface area contributed by atoms with Crippen LogP contribution in [0.25, 0.3) is 0 Å². The summed E-state index contributed by atoms with van der Waals surface area (Å²) in [4.78, 5) is 13.9. The van der Waals surface area contributed by atoms with Gasteiger partial charge in [-0.25, -0.2) is 0 Å². The largest absolute Gasteiger partial charge is 0.397 e. The molecule has 0 radical (unpaired) electrons. The zero-order valence-electron chi connectivity index (χ0n) is 12.3. The summed E-state index contributed by atoms with van der Waals surface area (Å²) in [5.41, 5.74) is 9.69. The zero-order chi connectivity index (χ0) is 15.4. The Balaban J connectivity index is 2.02. The smallest absolute Gasteiger partial charge is 0.227 e.